The molecule has 8 heteroatoms. The van der Waals surface area contributed by atoms with Gasteiger partial charge < -0.3 is 20.4 Å². The number of nitrogens with one attached hydrogen (secondary N) is 3. The fourth-order valence-corrected chi connectivity index (χ4v) is 3.17. The molecule has 1 aliphatic heterocycles. The molecule has 154 valence electrons. The summed E-state index contributed by atoms with van der Waals surface area (Å²) in [6.07, 6.45) is 4.18. The topological polar surface area (TPSA) is 81.9 Å². The first-order valence-electron chi connectivity index (χ1n) is 9.49. The molecule has 1 saturated heterocycles. The summed E-state index contributed by atoms with van der Waals surface area (Å²) in [5.74, 6) is 1.68. The van der Waals surface area contributed by atoms with Gasteiger partial charge in [0.2, 0.25) is 5.91 Å². The number of carbonyl (C=O) groups excluding carboxylic acids is 1. The number of guanidine groups is 1. The zero-order chi connectivity index (χ0) is 19.0. The maximum Gasteiger partial charge on any atom is 0.227 e. The minimum absolute atomic E-state index is 0. The molecule has 1 aromatic rings. The molecule has 3 N–H and O–H groups in total. The highest BCUT2D eigenvalue weighted by Crippen LogP contribution is 2.24. The Morgan fingerprint density at radius 3 is 2.59 bits per heavy atom. The summed E-state index contributed by atoms with van der Waals surface area (Å²) in [6.45, 7) is 9.89. The van der Waals surface area contributed by atoms with E-state index >= 15 is 0 Å². The van der Waals surface area contributed by atoms with Gasteiger partial charge in [0.1, 0.15) is 5.76 Å². The van der Waals surface area contributed by atoms with E-state index in [-0.39, 0.29) is 35.9 Å². The first kappa shape index (κ1) is 23.7. The van der Waals surface area contributed by atoms with Crippen molar-refractivity contribution in [3.8, 4) is 0 Å². The van der Waals surface area contributed by atoms with E-state index in [1.54, 1.807) is 13.3 Å². The molecule has 0 spiro atoms. The molecule has 2 rings (SSSR count). The molecule has 1 unspecified atom stereocenters. The number of likely N-dealkylation sites (tertiary alicyclic amines) is 1. The van der Waals surface area contributed by atoms with E-state index in [9.17, 15) is 4.79 Å². The minimum atomic E-state index is -0.549. The molecule has 1 aromatic heterocycles. The van der Waals surface area contributed by atoms with Gasteiger partial charge in [-0.1, -0.05) is 0 Å². The fraction of sp³-hybridized carbons (Fsp3) is 0.684. The number of furan rings is 1. The van der Waals surface area contributed by atoms with Gasteiger partial charge in [-0.2, -0.15) is 0 Å². The first-order valence-corrected chi connectivity index (χ1v) is 9.49. The Morgan fingerprint density at radius 2 is 2.04 bits per heavy atom. The zero-order valence-electron chi connectivity index (χ0n) is 16.9. The molecular formula is C19H34IN5O2. The standard InChI is InChI=1S/C19H33N5O2.HI/c1-5-21-18(23-14-19(2,3)17(25)20-4)22-13-15(16-9-8-12-26-16)24-10-6-7-11-24;/h8-9,12,15H,5-7,10-11,13-14H2,1-4H3,(H,20,25)(H2,21,22,23);1H. The molecular weight excluding hydrogens is 457 g/mol. The second-order valence-corrected chi connectivity index (χ2v) is 7.31. The number of aliphatic imine (C=N–C) groups is 1. The molecule has 7 nitrogen and oxygen atoms in total. The van der Waals surface area contributed by atoms with E-state index in [1.165, 1.54) is 12.8 Å². The van der Waals surface area contributed by atoms with Gasteiger partial charge in [-0.3, -0.25) is 14.7 Å². The first-order chi connectivity index (χ1) is 12.5. The van der Waals surface area contributed by atoms with E-state index in [0.717, 1.165) is 31.4 Å². The van der Waals surface area contributed by atoms with Crippen molar-refractivity contribution in [2.45, 2.75) is 39.7 Å². The number of amides is 1. The SMILES string of the molecule is CCNC(=NCC(C)(C)C(=O)NC)NCC(c1ccco1)N1CCCC1.I. The molecule has 0 aromatic carbocycles. The fourth-order valence-electron chi connectivity index (χ4n) is 3.17. The molecule has 27 heavy (non-hydrogen) atoms. The largest absolute Gasteiger partial charge is 0.468 e. The predicted octanol–water partition coefficient (Wildman–Crippen LogP) is 2.36. The number of hydrogen-bond donors (Lipinski definition) is 3. The Labute approximate surface area is 179 Å². The molecule has 0 radical (unpaired) electrons. The summed E-state index contributed by atoms with van der Waals surface area (Å²) in [5.41, 5.74) is -0.549. The highest BCUT2D eigenvalue weighted by atomic mass is 127. The maximum atomic E-state index is 12.0. The Morgan fingerprint density at radius 1 is 1.33 bits per heavy atom. The van der Waals surface area contributed by atoms with E-state index < -0.39 is 5.41 Å². The normalized spacial score (nSPS) is 16.5. The van der Waals surface area contributed by atoms with Gasteiger partial charge in [0.25, 0.3) is 0 Å². The summed E-state index contributed by atoms with van der Waals surface area (Å²) >= 11 is 0. The summed E-state index contributed by atoms with van der Waals surface area (Å²) in [4.78, 5) is 19.0. The van der Waals surface area contributed by atoms with Gasteiger partial charge >= 0.3 is 0 Å². The molecule has 0 saturated carbocycles. The van der Waals surface area contributed by atoms with Crippen molar-refractivity contribution in [1.29, 1.82) is 0 Å². The van der Waals surface area contributed by atoms with Crippen molar-refractivity contribution in [3.05, 3.63) is 24.2 Å². The van der Waals surface area contributed by atoms with Crippen LogP contribution >= 0.6 is 24.0 Å². The third-order valence-electron chi connectivity index (χ3n) is 4.73. The number of halogens is 1. The average Bonchev–Trinajstić information content (AvgIpc) is 3.33. The second kappa shape index (κ2) is 11.5. The van der Waals surface area contributed by atoms with Crippen LogP contribution in [0.2, 0.25) is 0 Å². The summed E-state index contributed by atoms with van der Waals surface area (Å²) in [7, 11) is 1.65. The molecule has 0 aliphatic carbocycles. The van der Waals surface area contributed by atoms with Crippen LogP contribution in [0.5, 0.6) is 0 Å². The Balaban J connectivity index is 0.00000364. The Bertz CT molecular complexity index is 583. The van der Waals surface area contributed by atoms with Crippen molar-refractivity contribution < 1.29 is 9.21 Å². The zero-order valence-corrected chi connectivity index (χ0v) is 19.2. The monoisotopic (exact) mass is 491 g/mol. The third-order valence-corrected chi connectivity index (χ3v) is 4.73. The number of carbonyl (C=O) groups is 1. The van der Waals surface area contributed by atoms with Crippen molar-refractivity contribution in [2.24, 2.45) is 10.4 Å². The summed E-state index contributed by atoms with van der Waals surface area (Å²) < 4.78 is 5.67. The predicted molar refractivity (Wildman–Crippen MR) is 120 cm³/mol. The van der Waals surface area contributed by atoms with Crippen LogP contribution in [-0.2, 0) is 4.79 Å². The van der Waals surface area contributed by atoms with Crippen LogP contribution in [0.3, 0.4) is 0 Å². The van der Waals surface area contributed by atoms with Crippen molar-refractivity contribution in [3.63, 3.8) is 0 Å². The quantitative estimate of drug-likeness (QED) is 0.296. The number of rotatable bonds is 8. The maximum absolute atomic E-state index is 12.0. The summed E-state index contributed by atoms with van der Waals surface area (Å²) in [5, 5.41) is 9.38. The average molecular weight is 491 g/mol. The van der Waals surface area contributed by atoms with Gasteiger partial charge in [-0.05, 0) is 58.8 Å². The van der Waals surface area contributed by atoms with Crippen LogP contribution in [0.15, 0.2) is 27.8 Å². The van der Waals surface area contributed by atoms with E-state index in [1.807, 2.05) is 32.9 Å². The molecule has 1 atom stereocenters. The molecule has 1 aliphatic rings. The third kappa shape index (κ3) is 6.99. The van der Waals surface area contributed by atoms with E-state index in [2.05, 4.69) is 25.8 Å². The lowest BCUT2D eigenvalue weighted by Gasteiger charge is -2.27. The van der Waals surface area contributed by atoms with Gasteiger partial charge in [0, 0.05) is 20.1 Å². The van der Waals surface area contributed by atoms with Crippen LogP contribution < -0.4 is 16.0 Å². The van der Waals surface area contributed by atoms with Crippen molar-refractivity contribution in [1.82, 2.24) is 20.9 Å². The molecule has 1 amide bonds. The number of hydrogen-bond acceptors (Lipinski definition) is 4. The Hall–Kier alpha value is -1.29. The van der Waals surface area contributed by atoms with Crippen LogP contribution in [-0.4, -0.2) is 56.5 Å². The lowest BCUT2D eigenvalue weighted by Crippen LogP contribution is -2.44. The Kier molecular flexibility index (Phi) is 10.1. The van der Waals surface area contributed by atoms with Gasteiger partial charge in [0.05, 0.1) is 24.3 Å². The molecule has 1 fully saturated rings. The highest BCUT2D eigenvalue weighted by Gasteiger charge is 2.27. The van der Waals surface area contributed by atoms with E-state index in [0.29, 0.717) is 13.1 Å². The van der Waals surface area contributed by atoms with Crippen LogP contribution in [0, 0.1) is 5.41 Å². The van der Waals surface area contributed by atoms with Gasteiger partial charge in [0.15, 0.2) is 5.96 Å². The van der Waals surface area contributed by atoms with Crippen molar-refractivity contribution >= 4 is 35.8 Å². The molecule has 2 heterocycles. The van der Waals surface area contributed by atoms with Crippen LogP contribution in [0.4, 0.5) is 0 Å². The smallest absolute Gasteiger partial charge is 0.227 e. The summed E-state index contributed by atoms with van der Waals surface area (Å²) in [6, 6.07) is 4.15. The lowest BCUT2D eigenvalue weighted by atomic mass is 9.93. The second-order valence-electron chi connectivity index (χ2n) is 7.31. The lowest BCUT2D eigenvalue weighted by molar-refractivity contribution is -0.128. The van der Waals surface area contributed by atoms with Crippen LogP contribution in [0.1, 0.15) is 45.4 Å². The minimum Gasteiger partial charge on any atom is -0.468 e. The molecule has 0 bridgehead atoms. The van der Waals surface area contributed by atoms with E-state index in [4.69, 9.17) is 4.42 Å². The highest BCUT2D eigenvalue weighted by molar-refractivity contribution is 14.0. The van der Waals surface area contributed by atoms with Crippen LogP contribution in [0.25, 0.3) is 0 Å². The number of nitrogens with zero attached hydrogens (tertiary/aromatic N) is 2. The van der Waals surface area contributed by atoms with Gasteiger partial charge in [-0.15, -0.1) is 24.0 Å². The van der Waals surface area contributed by atoms with Gasteiger partial charge in [-0.25, -0.2) is 0 Å². The van der Waals surface area contributed by atoms with Crippen molar-refractivity contribution in [2.75, 3.05) is 39.8 Å².